The van der Waals surface area contributed by atoms with Crippen molar-refractivity contribution in [2.75, 3.05) is 32.7 Å². The van der Waals surface area contributed by atoms with Gasteiger partial charge in [-0.3, -0.25) is 4.79 Å². The Morgan fingerprint density at radius 1 is 1.15 bits per heavy atom. The fraction of sp³-hybridized carbons (Fsp3) is 0.632. The zero-order valence-corrected chi connectivity index (χ0v) is 16.4. The highest BCUT2D eigenvalue weighted by Crippen LogP contribution is 2.20. The van der Waals surface area contributed by atoms with Gasteiger partial charge >= 0.3 is 0 Å². The van der Waals surface area contributed by atoms with Gasteiger partial charge in [0, 0.05) is 31.5 Å². The van der Waals surface area contributed by atoms with E-state index in [-0.39, 0.29) is 10.8 Å². The molecule has 2 saturated heterocycles. The van der Waals surface area contributed by atoms with Crippen LogP contribution in [0.15, 0.2) is 29.2 Å². The number of hydrogen-bond donors (Lipinski definition) is 2. The molecule has 2 aliphatic heterocycles. The zero-order valence-electron chi connectivity index (χ0n) is 15.5. The quantitative estimate of drug-likeness (QED) is 0.762. The van der Waals surface area contributed by atoms with E-state index in [0.29, 0.717) is 31.2 Å². The lowest BCUT2D eigenvalue weighted by Gasteiger charge is -2.25. The molecule has 2 fully saturated rings. The molecule has 0 bridgehead atoms. The first-order chi connectivity index (χ1) is 12.5. The molecule has 6 nitrogen and oxygen atoms in total. The van der Waals surface area contributed by atoms with Gasteiger partial charge < -0.3 is 10.2 Å². The van der Waals surface area contributed by atoms with Crippen LogP contribution in [0.25, 0.3) is 0 Å². The molecule has 0 aromatic heterocycles. The van der Waals surface area contributed by atoms with Gasteiger partial charge in [0.05, 0.1) is 24.5 Å². The average molecular weight is 381 g/mol. The van der Waals surface area contributed by atoms with Crippen LogP contribution in [0, 0.1) is 0 Å². The van der Waals surface area contributed by atoms with Gasteiger partial charge in [0.2, 0.25) is 10.0 Å². The number of likely N-dealkylation sites (N-methyl/N-ethyl adjacent to an activating group) is 1. The number of sulfonamides is 1. The van der Waals surface area contributed by atoms with Crippen molar-refractivity contribution in [3.63, 3.8) is 0 Å². The molecule has 2 aliphatic rings. The molecule has 144 valence electrons. The van der Waals surface area contributed by atoms with Gasteiger partial charge in [0.1, 0.15) is 6.04 Å². The summed E-state index contributed by atoms with van der Waals surface area (Å²) < 4.78 is 26.9. The predicted octanol–water partition coefficient (Wildman–Crippen LogP) is 0.658. The minimum atomic E-state index is -3.44. The minimum absolute atomic E-state index is 0.130. The number of carbonyl (C=O) groups excluding carboxylic acids is 1. The van der Waals surface area contributed by atoms with Crippen LogP contribution in [0.3, 0.4) is 0 Å². The zero-order chi connectivity index (χ0) is 18.6. The molecule has 1 aromatic rings. The van der Waals surface area contributed by atoms with E-state index in [1.165, 1.54) is 13.0 Å². The summed E-state index contributed by atoms with van der Waals surface area (Å²) in [7, 11) is -3.44. The monoisotopic (exact) mass is 380 g/mol. The molecule has 3 rings (SSSR count). The number of carbonyl (C=O) groups is 1. The minimum Gasteiger partial charge on any atom is -0.346 e. The van der Waals surface area contributed by atoms with Crippen LogP contribution in [0.1, 0.15) is 49.4 Å². The summed E-state index contributed by atoms with van der Waals surface area (Å²) in [6, 6.07) is 6.83. The number of hydrogen-bond acceptors (Lipinski definition) is 3. The highest BCUT2D eigenvalue weighted by molar-refractivity contribution is 7.89. The van der Waals surface area contributed by atoms with E-state index in [1.807, 2.05) is 0 Å². The molecule has 2 atom stereocenters. The van der Waals surface area contributed by atoms with Crippen molar-refractivity contribution in [3.05, 3.63) is 29.8 Å². The molecule has 26 heavy (non-hydrogen) atoms. The van der Waals surface area contributed by atoms with Gasteiger partial charge in [-0.1, -0.05) is 6.42 Å². The lowest BCUT2D eigenvalue weighted by atomic mass is 10.2. The maximum Gasteiger partial charge on any atom is 0.251 e. The van der Waals surface area contributed by atoms with Crippen molar-refractivity contribution < 1.29 is 18.1 Å². The predicted molar refractivity (Wildman–Crippen MR) is 101 cm³/mol. The molecule has 0 spiro atoms. The molecule has 0 aliphatic carbocycles. The van der Waals surface area contributed by atoms with Crippen LogP contribution in [0.4, 0.5) is 0 Å². The van der Waals surface area contributed by atoms with Crippen molar-refractivity contribution in [3.8, 4) is 0 Å². The Bertz CT molecular complexity index is 712. The van der Waals surface area contributed by atoms with Crippen molar-refractivity contribution in [1.82, 2.24) is 9.62 Å². The van der Waals surface area contributed by atoms with Gasteiger partial charge in [-0.15, -0.1) is 0 Å². The molecule has 2 heterocycles. The molecular weight excluding hydrogens is 350 g/mol. The maximum atomic E-state index is 12.7. The van der Waals surface area contributed by atoms with Crippen molar-refractivity contribution in [2.24, 2.45) is 0 Å². The second kappa shape index (κ2) is 8.50. The van der Waals surface area contributed by atoms with E-state index in [2.05, 4.69) is 12.2 Å². The number of likely N-dealkylation sites (tertiary alicyclic amines) is 1. The van der Waals surface area contributed by atoms with Crippen LogP contribution in [-0.2, 0) is 10.0 Å². The SMILES string of the molecule is CC[NH+]1CCC[C@H]1CNC(=O)c1ccc(S(=O)(=O)N2CCCCC2)cc1. The summed E-state index contributed by atoms with van der Waals surface area (Å²) >= 11 is 0. The number of amides is 1. The number of nitrogens with one attached hydrogen (secondary N) is 2. The standard InChI is InChI=1S/C19H29N3O3S/c1-2-21-12-6-7-17(21)15-20-19(23)16-8-10-18(11-9-16)26(24,25)22-13-4-3-5-14-22/h8-11,17H,2-7,12-15H2,1H3,(H,20,23)/p+1/t17-/m0/s1. The smallest absolute Gasteiger partial charge is 0.251 e. The number of benzene rings is 1. The van der Waals surface area contributed by atoms with Gasteiger partial charge in [0.25, 0.3) is 5.91 Å². The third kappa shape index (κ3) is 4.27. The van der Waals surface area contributed by atoms with Crippen LogP contribution >= 0.6 is 0 Å². The molecular formula is C19H30N3O3S+. The van der Waals surface area contributed by atoms with E-state index < -0.39 is 10.0 Å². The Labute approximate surface area is 156 Å². The molecule has 7 heteroatoms. The molecule has 1 aromatic carbocycles. The van der Waals surface area contributed by atoms with Crippen LogP contribution in [0.2, 0.25) is 0 Å². The highest BCUT2D eigenvalue weighted by Gasteiger charge is 2.28. The Hall–Kier alpha value is -1.44. The lowest BCUT2D eigenvalue weighted by molar-refractivity contribution is -0.909. The summed E-state index contributed by atoms with van der Waals surface area (Å²) in [5.41, 5.74) is 0.513. The highest BCUT2D eigenvalue weighted by atomic mass is 32.2. The molecule has 2 N–H and O–H groups in total. The molecule has 1 amide bonds. The second-order valence-electron chi connectivity index (χ2n) is 7.30. The third-order valence-corrected chi connectivity index (χ3v) is 7.57. The Kier molecular flexibility index (Phi) is 6.32. The van der Waals surface area contributed by atoms with E-state index >= 15 is 0 Å². The topological polar surface area (TPSA) is 70.9 Å². The maximum absolute atomic E-state index is 12.7. The summed E-state index contributed by atoms with van der Waals surface area (Å²) in [6.45, 7) is 6.29. The largest absolute Gasteiger partial charge is 0.346 e. The summed E-state index contributed by atoms with van der Waals surface area (Å²) in [5, 5.41) is 3.01. The van der Waals surface area contributed by atoms with E-state index in [1.54, 1.807) is 33.5 Å². The number of nitrogens with zero attached hydrogens (tertiary/aromatic N) is 1. The van der Waals surface area contributed by atoms with E-state index in [4.69, 9.17) is 0 Å². The summed E-state index contributed by atoms with van der Waals surface area (Å²) in [4.78, 5) is 14.2. The summed E-state index contributed by atoms with van der Waals surface area (Å²) in [6.07, 6.45) is 5.28. The van der Waals surface area contributed by atoms with Crippen LogP contribution in [-0.4, -0.2) is 57.4 Å². The fourth-order valence-electron chi connectivity index (χ4n) is 4.05. The molecule has 0 saturated carbocycles. The number of rotatable bonds is 6. The van der Waals surface area contributed by atoms with Gasteiger partial charge in [-0.05, 0) is 44.0 Å². The second-order valence-corrected chi connectivity index (χ2v) is 9.24. The van der Waals surface area contributed by atoms with Crippen molar-refractivity contribution in [1.29, 1.82) is 0 Å². The van der Waals surface area contributed by atoms with Crippen molar-refractivity contribution >= 4 is 15.9 Å². The van der Waals surface area contributed by atoms with E-state index in [0.717, 1.165) is 32.2 Å². The van der Waals surface area contributed by atoms with Crippen LogP contribution < -0.4 is 10.2 Å². The molecule has 0 radical (unpaired) electrons. The van der Waals surface area contributed by atoms with E-state index in [9.17, 15) is 13.2 Å². The fourth-order valence-corrected chi connectivity index (χ4v) is 5.56. The van der Waals surface area contributed by atoms with Gasteiger partial charge in [-0.2, -0.15) is 4.31 Å². The van der Waals surface area contributed by atoms with Crippen LogP contribution in [0.5, 0.6) is 0 Å². The van der Waals surface area contributed by atoms with Gasteiger partial charge in [0.15, 0.2) is 0 Å². The summed E-state index contributed by atoms with van der Waals surface area (Å²) in [5.74, 6) is -0.130. The van der Waals surface area contributed by atoms with Gasteiger partial charge in [-0.25, -0.2) is 8.42 Å². The van der Waals surface area contributed by atoms with Crippen molar-refractivity contribution in [2.45, 2.75) is 50.0 Å². The first-order valence-corrected chi connectivity index (χ1v) is 11.2. The number of piperidine rings is 1. The Morgan fingerprint density at radius 3 is 2.50 bits per heavy atom. The molecule has 1 unspecified atom stereocenters. The average Bonchev–Trinajstić information content (AvgIpc) is 3.14. The first-order valence-electron chi connectivity index (χ1n) is 9.75. The number of quaternary nitrogens is 1. The normalized spacial score (nSPS) is 24.5. The first kappa shape index (κ1) is 19.3. The third-order valence-electron chi connectivity index (χ3n) is 5.66. The Balaban J connectivity index is 1.60. The Morgan fingerprint density at radius 2 is 1.85 bits per heavy atom. The lowest BCUT2D eigenvalue weighted by Crippen LogP contribution is -3.14.